The van der Waals surface area contributed by atoms with Gasteiger partial charge in [0, 0.05) is 29.6 Å². The van der Waals surface area contributed by atoms with Crippen LogP contribution in [0.3, 0.4) is 0 Å². The first-order valence-electron chi connectivity index (χ1n) is 10.0. The molecular formula is C25H25FN4S. The van der Waals surface area contributed by atoms with Gasteiger partial charge in [0.2, 0.25) is 0 Å². The van der Waals surface area contributed by atoms with Crippen LogP contribution in [0.1, 0.15) is 24.0 Å². The molecule has 2 aromatic rings. The second-order valence-electron chi connectivity index (χ2n) is 7.57. The lowest BCUT2D eigenvalue weighted by atomic mass is 9.67. The third-order valence-electron chi connectivity index (χ3n) is 5.58. The standard InChI is InChI=1S/C25H25FN4S/c1-2-25(14-18-4-3-5-19(12-18)16-27)15-20(17-28)24(13-21(25)10-11-29-31)30-23-8-6-22(26)7-9-23/h2-9,12-13,17,28-31H,1,10-11,14-15H2. The average molecular weight is 433 g/mol. The van der Waals surface area contributed by atoms with E-state index < -0.39 is 0 Å². The molecule has 0 amide bonds. The van der Waals surface area contributed by atoms with Gasteiger partial charge in [0.15, 0.2) is 0 Å². The largest absolute Gasteiger partial charge is 0.355 e. The molecule has 0 heterocycles. The van der Waals surface area contributed by atoms with E-state index in [1.54, 1.807) is 18.2 Å². The lowest BCUT2D eigenvalue weighted by Gasteiger charge is -2.38. The Bertz CT molecular complexity index is 1070. The number of hydrogen-bond acceptors (Lipinski definition) is 5. The topological polar surface area (TPSA) is 71.7 Å². The van der Waals surface area contributed by atoms with Crippen molar-refractivity contribution in [3.8, 4) is 6.07 Å². The first kappa shape index (κ1) is 22.5. The number of halogens is 1. The molecule has 0 bridgehead atoms. The van der Waals surface area contributed by atoms with Crippen molar-refractivity contribution in [2.24, 2.45) is 5.41 Å². The van der Waals surface area contributed by atoms with Crippen LogP contribution in [0.2, 0.25) is 0 Å². The Morgan fingerprint density at radius 2 is 2.03 bits per heavy atom. The lowest BCUT2D eigenvalue weighted by Crippen LogP contribution is -2.30. The summed E-state index contributed by atoms with van der Waals surface area (Å²) in [5.74, 6) is -0.295. The van der Waals surface area contributed by atoms with Crippen molar-refractivity contribution >= 4 is 24.7 Å². The number of hydrogen-bond donors (Lipinski definition) is 4. The van der Waals surface area contributed by atoms with Gasteiger partial charge in [0.25, 0.3) is 0 Å². The maximum absolute atomic E-state index is 13.3. The Kier molecular flexibility index (Phi) is 7.45. The fraction of sp³-hybridized carbons (Fsp3) is 0.200. The van der Waals surface area contributed by atoms with Crippen LogP contribution in [-0.4, -0.2) is 12.8 Å². The Balaban J connectivity index is 2.00. The highest BCUT2D eigenvalue weighted by Gasteiger charge is 2.35. The first-order valence-corrected chi connectivity index (χ1v) is 10.4. The van der Waals surface area contributed by atoms with E-state index in [0.29, 0.717) is 24.9 Å². The fourth-order valence-corrected chi connectivity index (χ4v) is 4.08. The van der Waals surface area contributed by atoms with Crippen molar-refractivity contribution in [3.05, 3.63) is 101 Å². The highest BCUT2D eigenvalue weighted by molar-refractivity contribution is 7.78. The van der Waals surface area contributed by atoms with Crippen LogP contribution in [-0.2, 0) is 6.42 Å². The normalized spacial score (nSPS) is 18.2. The molecule has 1 atom stereocenters. The first-order chi connectivity index (χ1) is 15.0. The number of allylic oxidation sites excluding steroid dienone is 3. The second-order valence-corrected chi connectivity index (χ2v) is 7.89. The maximum Gasteiger partial charge on any atom is 0.123 e. The summed E-state index contributed by atoms with van der Waals surface area (Å²) in [7, 11) is 0. The average Bonchev–Trinajstić information content (AvgIpc) is 2.80. The van der Waals surface area contributed by atoms with Gasteiger partial charge in [0.05, 0.1) is 11.6 Å². The number of nitrogens with zero attached hydrogens (tertiary/aromatic N) is 1. The molecule has 158 valence electrons. The minimum Gasteiger partial charge on any atom is -0.355 e. The number of rotatable bonds is 9. The van der Waals surface area contributed by atoms with Gasteiger partial charge in [-0.05, 0) is 72.9 Å². The highest BCUT2D eigenvalue weighted by Crippen LogP contribution is 2.45. The monoisotopic (exact) mass is 432 g/mol. The summed E-state index contributed by atoms with van der Waals surface area (Å²) in [6.45, 7) is 4.81. The minimum atomic E-state index is -0.389. The fourth-order valence-electron chi connectivity index (χ4n) is 3.97. The molecule has 1 unspecified atom stereocenters. The SMILES string of the molecule is C=CC1(Cc2cccc(C#N)c2)CC(C=N)=C(Nc2ccc(F)cc2)C=C1CCNS. The molecule has 0 saturated carbocycles. The van der Waals surface area contributed by atoms with E-state index in [1.807, 2.05) is 24.3 Å². The summed E-state index contributed by atoms with van der Waals surface area (Å²) >= 11 is 4.14. The molecule has 4 nitrogen and oxygen atoms in total. The molecule has 0 spiro atoms. The Labute approximate surface area is 188 Å². The third-order valence-corrected chi connectivity index (χ3v) is 5.80. The molecule has 0 fully saturated rings. The van der Waals surface area contributed by atoms with Crippen LogP contribution >= 0.6 is 12.8 Å². The number of benzene rings is 2. The van der Waals surface area contributed by atoms with E-state index in [9.17, 15) is 9.65 Å². The lowest BCUT2D eigenvalue weighted by molar-refractivity contribution is 0.434. The van der Waals surface area contributed by atoms with Crippen LogP contribution < -0.4 is 10.0 Å². The van der Waals surface area contributed by atoms with Crippen LogP contribution in [0, 0.1) is 28.0 Å². The Morgan fingerprint density at radius 3 is 2.68 bits per heavy atom. The molecule has 1 aliphatic rings. The van der Waals surface area contributed by atoms with Gasteiger partial charge >= 0.3 is 0 Å². The zero-order chi connectivity index (χ0) is 22.3. The predicted molar refractivity (Wildman–Crippen MR) is 128 cm³/mol. The molecule has 0 aromatic heterocycles. The smallest absolute Gasteiger partial charge is 0.123 e. The quantitative estimate of drug-likeness (QED) is 0.237. The second kappa shape index (κ2) is 10.3. The molecule has 1 aliphatic carbocycles. The van der Waals surface area contributed by atoms with Crippen molar-refractivity contribution in [3.63, 3.8) is 0 Å². The molecule has 0 radical (unpaired) electrons. The van der Waals surface area contributed by atoms with Crippen molar-refractivity contribution in [2.75, 3.05) is 11.9 Å². The minimum absolute atomic E-state index is 0.295. The Hall–Kier alpha value is -3.14. The molecule has 6 heteroatoms. The van der Waals surface area contributed by atoms with Gasteiger partial charge in [0.1, 0.15) is 5.82 Å². The third kappa shape index (κ3) is 5.32. The molecule has 3 rings (SSSR count). The van der Waals surface area contributed by atoms with Gasteiger partial charge in [-0.1, -0.05) is 36.6 Å². The number of thiol groups is 1. The van der Waals surface area contributed by atoms with Crippen LogP contribution in [0.5, 0.6) is 0 Å². The zero-order valence-electron chi connectivity index (χ0n) is 17.2. The summed E-state index contributed by atoms with van der Waals surface area (Å²) in [6, 6.07) is 16.0. The summed E-state index contributed by atoms with van der Waals surface area (Å²) in [6.07, 6.45) is 7.39. The Morgan fingerprint density at radius 1 is 1.26 bits per heavy atom. The van der Waals surface area contributed by atoms with Gasteiger partial charge < -0.3 is 10.7 Å². The summed E-state index contributed by atoms with van der Waals surface area (Å²) in [5.41, 5.74) is 4.84. The van der Waals surface area contributed by atoms with Crippen molar-refractivity contribution < 1.29 is 4.39 Å². The molecule has 0 saturated heterocycles. The van der Waals surface area contributed by atoms with Gasteiger partial charge in [-0.15, -0.1) is 6.58 Å². The van der Waals surface area contributed by atoms with E-state index in [1.165, 1.54) is 18.3 Å². The summed E-state index contributed by atoms with van der Waals surface area (Å²) in [4.78, 5) is 0. The molecular weight excluding hydrogens is 407 g/mol. The molecule has 2 aromatic carbocycles. The number of anilines is 1. The molecule has 3 N–H and O–H groups in total. The predicted octanol–water partition coefficient (Wildman–Crippen LogP) is 5.58. The molecule has 0 aliphatic heterocycles. The van der Waals surface area contributed by atoms with E-state index in [-0.39, 0.29) is 11.2 Å². The summed E-state index contributed by atoms with van der Waals surface area (Å²) in [5, 5.41) is 20.6. The van der Waals surface area contributed by atoms with Crippen molar-refractivity contribution in [2.45, 2.75) is 19.3 Å². The van der Waals surface area contributed by atoms with E-state index >= 15 is 0 Å². The number of nitriles is 1. The molecule has 31 heavy (non-hydrogen) atoms. The van der Waals surface area contributed by atoms with E-state index in [4.69, 9.17) is 5.41 Å². The summed E-state index contributed by atoms with van der Waals surface area (Å²) < 4.78 is 16.2. The van der Waals surface area contributed by atoms with E-state index in [2.05, 4.69) is 41.6 Å². The van der Waals surface area contributed by atoms with Crippen LogP contribution in [0.25, 0.3) is 0 Å². The van der Waals surface area contributed by atoms with E-state index in [0.717, 1.165) is 34.5 Å². The zero-order valence-corrected chi connectivity index (χ0v) is 18.1. The highest BCUT2D eigenvalue weighted by atomic mass is 32.1. The van der Waals surface area contributed by atoms with Gasteiger partial charge in [-0.3, -0.25) is 4.72 Å². The van der Waals surface area contributed by atoms with Gasteiger partial charge in [-0.25, -0.2) is 4.39 Å². The van der Waals surface area contributed by atoms with Crippen molar-refractivity contribution in [1.82, 2.24) is 4.72 Å². The van der Waals surface area contributed by atoms with Crippen LogP contribution in [0.15, 0.2) is 84.1 Å². The number of nitrogens with one attached hydrogen (secondary N) is 3. The maximum atomic E-state index is 13.3. The van der Waals surface area contributed by atoms with Gasteiger partial charge in [-0.2, -0.15) is 5.26 Å². The van der Waals surface area contributed by atoms with Crippen LogP contribution in [0.4, 0.5) is 10.1 Å². The van der Waals surface area contributed by atoms with Crippen molar-refractivity contribution in [1.29, 1.82) is 10.7 Å².